The van der Waals surface area contributed by atoms with Gasteiger partial charge in [-0.25, -0.2) is 4.68 Å². The predicted molar refractivity (Wildman–Crippen MR) is 130 cm³/mol. The standard InChI is InChI=1S/C21H31N7.HI/c1-3-4-5-9-14-25-21(24-2)26-15-10-13-19-18(16-22)20(23)28(27-19)17-11-7-6-8-12-17;/h6-8,11-12H,3-5,9-10,13-15,23H2,1-2H3,(H2,24,25,26);1H. The zero-order valence-corrected chi connectivity index (χ0v) is 19.6. The molecular formula is C21H32IN7. The molecular weight excluding hydrogens is 477 g/mol. The van der Waals surface area contributed by atoms with Gasteiger partial charge in [0.1, 0.15) is 17.5 Å². The number of nitriles is 1. The van der Waals surface area contributed by atoms with Crippen molar-refractivity contribution in [1.82, 2.24) is 20.4 Å². The number of nitrogens with one attached hydrogen (secondary N) is 2. The summed E-state index contributed by atoms with van der Waals surface area (Å²) in [4.78, 5) is 4.24. The van der Waals surface area contributed by atoms with E-state index in [0.29, 0.717) is 17.8 Å². The first-order valence-electron chi connectivity index (χ1n) is 9.98. The maximum absolute atomic E-state index is 9.47. The fourth-order valence-electron chi connectivity index (χ4n) is 2.98. The highest BCUT2D eigenvalue weighted by Gasteiger charge is 2.16. The summed E-state index contributed by atoms with van der Waals surface area (Å²) in [6, 6.07) is 11.8. The first-order chi connectivity index (χ1) is 13.7. The van der Waals surface area contributed by atoms with Crippen LogP contribution in [0.3, 0.4) is 0 Å². The number of hydrogen-bond acceptors (Lipinski definition) is 4. The summed E-state index contributed by atoms with van der Waals surface area (Å²) in [5.74, 6) is 1.20. The summed E-state index contributed by atoms with van der Waals surface area (Å²) < 4.78 is 1.64. The molecule has 0 radical (unpaired) electrons. The quantitative estimate of drug-likeness (QED) is 0.197. The van der Waals surface area contributed by atoms with Gasteiger partial charge >= 0.3 is 0 Å². The van der Waals surface area contributed by atoms with E-state index in [-0.39, 0.29) is 24.0 Å². The van der Waals surface area contributed by atoms with Crippen LogP contribution in [0.25, 0.3) is 5.69 Å². The van der Waals surface area contributed by atoms with E-state index in [1.165, 1.54) is 19.3 Å². The number of aryl methyl sites for hydroxylation is 1. The lowest BCUT2D eigenvalue weighted by Gasteiger charge is -2.11. The summed E-state index contributed by atoms with van der Waals surface area (Å²) in [5, 5.41) is 20.7. The van der Waals surface area contributed by atoms with Gasteiger partial charge in [0.25, 0.3) is 0 Å². The van der Waals surface area contributed by atoms with Crippen LogP contribution in [0.15, 0.2) is 35.3 Å². The molecule has 0 saturated heterocycles. The van der Waals surface area contributed by atoms with Gasteiger partial charge in [-0.2, -0.15) is 10.4 Å². The average molecular weight is 509 g/mol. The smallest absolute Gasteiger partial charge is 0.190 e. The van der Waals surface area contributed by atoms with E-state index in [9.17, 15) is 5.26 Å². The Kier molecular flexibility index (Phi) is 11.8. The topological polar surface area (TPSA) is 104 Å². The summed E-state index contributed by atoms with van der Waals surface area (Å²) in [7, 11) is 1.78. The number of anilines is 1. The van der Waals surface area contributed by atoms with Crippen molar-refractivity contribution in [1.29, 1.82) is 5.26 Å². The van der Waals surface area contributed by atoms with E-state index in [1.807, 2.05) is 30.3 Å². The summed E-state index contributed by atoms with van der Waals surface area (Å²) >= 11 is 0. The molecule has 0 amide bonds. The molecule has 2 rings (SSSR count). The highest BCUT2D eigenvalue weighted by molar-refractivity contribution is 14.0. The molecule has 0 fully saturated rings. The first kappa shape index (κ1) is 24.8. The van der Waals surface area contributed by atoms with Gasteiger partial charge in [-0.15, -0.1) is 24.0 Å². The molecule has 0 aliphatic carbocycles. The highest BCUT2D eigenvalue weighted by Crippen LogP contribution is 2.21. The van der Waals surface area contributed by atoms with E-state index in [2.05, 4.69) is 33.7 Å². The molecule has 2 aromatic rings. The Labute approximate surface area is 190 Å². The van der Waals surface area contributed by atoms with Gasteiger partial charge < -0.3 is 16.4 Å². The lowest BCUT2D eigenvalue weighted by Crippen LogP contribution is -2.38. The number of unbranched alkanes of at least 4 members (excludes halogenated alkanes) is 3. The van der Waals surface area contributed by atoms with Crippen LogP contribution in [0.5, 0.6) is 0 Å². The van der Waals surface area contributed by atoms with Crippen LogP contribution in [-0.4, -0.2) is 35.9 Å². The van der Waals surface area contributed by atoms with Crippen LogP contribution in [0, 0.1) is 11.3 Å². The van der Waals surface area contributed by atoms with Crippen molar-refractivity contribution in [2.75, 3.05) is 25.9 Å². The third-order valence-electron chi connectivity index (χ3n) is 4.54. The molecule has 8 heteroatoms. The zero-order chi connectivity index (χ0) is 20.2. The summed E-state index contributed by atoms with van der Waals surface area (Å²) in [6.07, 6.45) is 6.40. The molecule has 0 aliphatic heterocycles. The molecule has 1 aromatic heterocycles. The Morgan fingerprint density at radius 3 is 2.45 bits per heavy atom. The third kappa shape index (κ3) is 7.57. The van der Waals surface area contributed by atoms with Gasteiger partial charge in [-0.05, 0) is 31.4 Å². The molecule has 1 heterocycles. The van der Waals surface area contributed by atoms with Crippen molar-refractivity contribution in [3.05, 3.63) is 41.6 Å². The maximum Gasteiger partial charge on any atom is 0.190 e. The van der Waals surface area contributed by atoms with E-state index >= 15 is 0 Å². The Hall–Kier alpha value is -2.28. The lowest BCUT2D eigenvalue weighted by molar-refractivity contribution is 0.644. The minimum Gasteiger partial charge on any atom is -0.382 e. The zero-order valence-electron chi connectivity index (χ0n) is 17.3. The molecule has 0 bridgehead atoms. The predicted octanol–water partition coefficient (Wildman–Crippen LogP) is 3.62. The van der Waals surface area contributed by atoms with Gasteiger partial charge in [-0.1, -0.05) is 44.4 Å². The molecule has 1 aromatic carbocycles. The number of benzene rings is 1. The van der Waals surface area contributed by atoms with Crippen LogP contribution in [-0.2, 0) is 6.42 Å². The second-order valence-electron chi connectivity index (χ2n) is 6.66. The van der Waals surface area contributed by atoms with Crippen molar-refractivity contribution >= 4 is 35.8 Å². The van der Waals surface area contributed by atoms with Crippen molar-refractivity contribution < 1.29 is 0 Å². The van der Waals surface area contributed by atoms with Crippen LogP contribution in [0.2, 0.25) is 0 Å². The number of halogens is 1. The molecule has 7 nitrogen and oxygen atoms in total. The summed E-state index contributed by atoms with van der Waals surface area (Å²) in [5.41, 5.74) is 8.19. The van der Waals surface area contributed by atoms with Crippen molar-refractivity contribution in [3.8, 4) is 11.8 Å². The number of nitrogen functional groups attached to an aromatic ring is 1. The number of nitrogens with zero attached hydrogens (tertiary/aromatic N) is 4. The monoisotopic (exact) mass is 509 g/mol. The van der Waals surface area contributed by atoms with Gasteiger partial charge in [0.15, 0.2) is 5.96 Å². The Bertz CT molecular complexity index is 793. The minimum absolute atomic E-state index is 0. The van der Waals surface area contributed by atoms with Crippen molar-refractivity contribution in [2.24, 2.45) is 4.99 Å². The molecule has 29 heavy (non-hydrogen) atoms. The normalized spacial score (nSPS) is 10.9. The lowest BCUT2D eigenvalue weighted by atomic mass is 10.1. The Balaban J connectivity index is 0.00000420. The largest absolute Gasteiger partial charge is 0.382 e. The Morgan fingerprint density at radius 1 is 1.14 bits per heavy atom. The van der Waals surface area contributed by atoms with Crippen LogP contribution in [0.4, 0.5) is 5.82 Å². The molecule has 0 aliphatic rings. The number of aliphatic imine (C=N–C) groups is 1. The number of aromatic nitrogens is 2. The number of rotatable bonds is 10. The van der Waals surface area contributed by atoms with Gasteiger partial charge in [0.05, 0.1) is 11.4 Å². The van der Waals surface area contributed by atoms with Crippen LogP contribution in [0.1, 0.15) is 50.3 Å². The molecule has 0 unspecified atom stereocenters. The summed E-state index contributed by atoms with van der Waals surface area (Å²) in [6.45, 7) is 3.88. The maximum atomic E-state index is 9.47. The van der Waals surface area contributed by atoms with E-state index in [0.717, 1.165) is 43.3 Å². The third-order valence-corrected chi connectivity index (χ3v) is 4.54. The SMILES string of the molecule is CCCCCCNC(=NC)NCCCc1nn(-c2ccccc2)c(N)c1C#N.I. The average Bonchev–Trinajstić information content (AvgIpc) is 3.05. The minimum atomic E-state index is 0. The number of guanidine groups is 1. The second-order valence-corrected chi connectivity index (χ2v) is 6.66. The molecule has 158 valence electrons. The van der Waals surface area contributed by atoms with E-state index in [1.54, 1.807) is 11.7 Å². The van der Waals surface area contributed by atoms with Crippen LogP contribution < -0.4 is 16.4 Å². The number of hydrogen-bond donors (Lipinski definition) is 3. The van der Waals surface area contributed by atoms with Gasteiger partial charge in [0, 0.05) is 20.1 Å². The van der Waals surface area contributed by atoms with Crippen molar-refractivity contribution in [3.63, 3.8) is 0 Å². The first-order valence-corrected chi connectivity index (χ1v) is 9.98. The highest BCUT2D eigenvalue weighted by atomic mass is 127. The molecule has 4 N–H and O–H groups in total. The molecule has 0 saturated carbocycles. The van der Waals surface area contributed by atoms with Gasteiger partial charge in [-0.3, -0.25) is 4.99 Å². The number of para-hydroxylation sites is 1. The molecule has 0 atom stereocenters. The second kappa shape index (κ2) is 13.8. The van der Waals surface area contributed by atoms with Crippen molar-refractivity contribution in [2.45, 2.75) is 45.4 Å². The fraction of sp³-hybridized carbons (Fsp3) is 0.476. The molecule has 0 spiro atoms. The van der Waals surface area contributed by atoms with E-state index in [4.69, 9.17) is 5.73 Å². The van der Waals surface area contributed by atoms with E-state index < -0.39 is 0 Å². The van der Waals surface area contributed by atoms with Crippen LogP contribution >= 0.6 is 24.0 Å². The van der Waals surface area contributed by atoms with Gasteiger partial charge in [0.2, 0.25) is 0 Å². The number of nitrogens with two attached hydrogens (primary N) is 1. The Morgan fingerprint density at radius 2 is 1.83 bits per heavy atom. The fourth-order valence-corrected chi connectivity index (χ4v) is 2.98.